The van der Waals surface area contributed by atoms with Gasteiger partial charge < -0.3 is 10.4 Å². The maximum Gasteiger partial charge on any atom is 0.358 e. The fourth-order valence-corrected chi connectivity index (χ4v) is 1.90. The summed E-state index contributed by atoms with van der Waals surface area (Å²) in [4.78, 5) is 35.6. The number of nitrogens with zero attached hydrogens (tertiary/aromatic N) is 4. The molecule has 1 atom stereocenters. The third kappa shape index (κ3) is 2.33. The van der Waals surface area contributed by atoms with Crippen LogP contribution in [0.25, 0.3) is 0 Å². The molecule has 1 fully saturated rings. The lowest BCUT2D eigenvalue weighted by molar-refractivity contribution is -0.131. The summed E-state index contributed by atoms with van der Waals surface area (Å²) in [6, 6.07) is -0.446. The minimum absolute atomic E-state index is 0.114. The zero-order chi connectivity index (χ0) is 14.9. The number of hydrogen-bond acceptors (Lipinski definition) is 5. The lowest BCUT2D eigenvalue weighted by Gasteiger charge is -2.19. The van der Waals surface area contributed by atoms with E-state index in [9.17, 15) is 14.4 Å². The molecule has 0 radical (unpaired) electrons. The van der Waals surface area contributed by atoms with Gasteiger partial charge in [-0.1, -0.05) is 12.1 Å². The molecule has 1 aromatic heterocycles. The lowest BCUT2D eigenvalue weighted by Crippen LogP contribution is -2.43. The molecule has 0 bridgehead atoms. The molecule has 0 spiro atoms. The Morgan fingerprint density at radius 3 is 2.65 bits per heavy atom. The predicted molar refractivity (Wildman–Crippen MR) is 65.9 cm³/mol. The third-order valence-electron chi connectivity index (χ3n) is 3.36. The number of carboxylic acid groups (broad SMARTS) is 1. The van der Waals surface area contributed by atoms with Crippen LogP contribution in [-0.2, 0) is 11.3 Å². The molecular formula is C11H15N5O4. The minimum atomic E-state index is -1.18. The van der Waals surface area contributed by atoms with Gasteiger partial charge in [0.05, 0.1) is 19.3 Å². The molecule has 1 aliphatic rings. The number of amides is 3. The van der Waals surface area contributed by atoms with Crippen LogP contribution < -0.4 is 5.32 Å². The van der Waals surface area contributed by atoms with Crippen LogP contribution in [0.2, 0.25) is 0 Å². The van der Waals surface area contributed by atoms with Gasteiger partial charge in [-0.15, -0.1) is 5.10 Å². The summed E-state index contributed by atoms with van der Waals surface area (Å²) in [5.41, 5.74) is -1.05. The number of aromatic carboxylic acids is 1. The molecule has 0 saturated carbocycles. The largest absolute Gasteiger partial charge is 0.476 e. The van der Waals surface area contributed by atoms with E-state index in [1.807, 2.05) is 6.92 Å². The van der Waals surface area contributed by atoms with Crippen molar-refractivity contribution >= 4 is 17.9 Å². The minimum Gasteiger partial charge on any atom is -0.476 e. The highest BCUT2D eigenvalue weighted by atomic mass is 16.4. The van der Waals surface area contributed by atoms with Crippen molar-refractivity contribution in [2.75, 3.05) is 6.54 Å². The van der Waals surface area contributed by atoms with Crippen molar-refractivity contribution in [3.05, 3.63) is 11.9 Å². The second-order valence-corrected chi connectivity index (χ2v) is 4.74. The van der Waals surface area contributed by atoms with Crippen molar-refractivity contribution in [3.63, 3.8) is 0 Å². The van der Waals surface area contributed by atoms with E-state index in [1.54, 1.807) is 6.92 Å². The average Bonchev–Trinajstić information content (AvgIpc) is 2.94. The molecule has 1 unspecified atom stereocenters. The summed E-state index contributed by atoms with van der Waals surface area (Å²) in [6.07, 6.45) is 1.75. The van der Waals surface area contributed by atoms with Gasteiger partial charge in [-0.3, -0.25) is 9.69 Å². The van der Waals surface area contributed by atoms with E-state index in [0.29, 0.717) is 6.42 Å². The Morgan fingerprint density at radius 1 is 1.45 bits per heavy atom. The van der Waals surface area contributed by atoms with Gasteiger partial charge in [-0.2, -0.15) is 0 Å². The molecule has 2 N–H and O–H groups in total. The van der Waals surface area contributed by atoms with Crippen LogP contribution in [0, 0.1) is 0 Å². The fraction of sp³-hybridized carbons (Fsp3) is 0.545. The molecule has 2 heterocycles. The van der Waals surface area contributed by atoms with E-state index in [2.05, 4.69) is 15.6 Å². The van der Waals surface area contributed by atoms with Gasteiger partial charge in [0, 0.05) is 0 Å². The van der Waals surface area contributed by atoms with Crippen molar-refractivity contribution < 1.29 is 19.5 Å². The second-order valence-electron chi connectivity index (χ2n) is 4.74. The highest BCUT2D eigenvalue weighted by molar-refractivity contribution is 6.06. The quantitative estimate of drug-likeness (QED) is 0.715. The molecule has 2 rings (SSSR count). The maximum atomic E-state index is 12.1. The first-order valence-electron chi connectivity index (χ1n) is 6.15. The van der Waals surface area contributed by atoms with Crippen molar-refractivity contribution in [1.82, 2.24) is 25.2 Å². The van der Waals surface area contributed by atoms with E-state index in [1.165, 1.54) is 10.9 Å². The smallest absolute Gasteiger partial charge is 0.358 e. The molecular weight excluding hydrogens is 266 g/mol. The average molecular weight is 281 g/mol. The number of carbonyl (C=O) groups is 3. The highest BCUT2D eigenvalue weighted by Gasteiger charge is 2.46. The monoisotopic (exact) mass is 281 g/mol. The van der Waals surface area contributed by atoms with Crippen LogP contribution in [0.5, 0.6) is 0 Å². The summed E-state index contributed by atoms with van der Waals surface area (Å²) < 4.78 is 1.28. The zero-order valence-corrected chi connectivity index (χ0v) is 11.2. The Bertz CT molecular complexity index is 569. The third-order valence-corrected chi connectivity index (χ3v) is 3.36. The van der Waals surface area contributed by atoms with Crippen molar-refractivity contribution in [2.45, 2.75) is 32.4 Å². The molecule has 9 heteroatoms. The number of nitrogens with one attached hydrogen (secondary N) is 1. The Labute approximate surface area is 114 Å². The highest BCUT2D eigenvalue weighted by Crippen LogP contribution is 2.20. The Kier molecular flexibility index (Phi) is 3.43. The fourth-order valence-electron chi connectivity index (χ4n) is 1.90. The van der Waals surface area contributed by atoms with Gasteiger partial charge in [-0.05, 0) is 13.3 Å². The van der Waals surface area contributed by atoms with Crippen molar-refractivity contribution in [1.29, 1.82) is 0 Å². The first kappa shape index (κ1) is 14.0. The van der Waals surface area contributed by atoms with E-state index in [-0.39, 0.29) is 24.7 Å². The number of imide groups is 1. The molecule has 9 nitrogen and oxygen atoms in total. The molecule has 3 amide bonds. The molecule has 1 aromatic rings. The molecule has 0 aromatic carbocycles. The molecule has 20 heavy (non-hydrogen) atoms. The summed E-state index contributed by atoms with van der Waals surface area (Å²) >= 11 is 0. The first-order chi connectivity index (χ1) is 9.37. The number of hydrogen-bond donors (Lipinski definition) is 2. The number of aromatic nitrogens is 3. The first-order valence-corrected chi connectivity index (χ1v) is 6.15. The standard InChI is InChI=1S/C11H15N5O4/c1-3-11(2)9(19)16(10(20)12-11)5-4-15-6-7(8(17)18)13-14-15/h6H,3-5H2,1-2H3,(H,12,20)(H,17,18). The lowest BCUT2D eigenvalue weighted by atomic mass is 9.99. The topological polar surface area (TPSA) is 117 Å². The Balaban J connectivity index is 2.02. The van der Waals surface area contributed by atoms with Crippen molar-refractivity contribution in [2.24, 2.45) is 0 Å². The van der Waals surface area contributed by atoms with Crippen LogP contribution >= 0.6 is 0 Å². The van der Waals surface area contributed by atoms with Gasteiger partial charge in [-0.25, -0.2) is 14.3 Å². The summed E-state index contributed by atoms with van der Waals surface area (Å²) in [5, 5.41) is 18.4. The van der Waals surface area contributed by atoms with Gasteiger partial charge in [0.1, 0.15) is 5.54 Å². The van der Waals surface area contributed by atoms with Crippen LogP contribution in [0.4, 0.5) is 4.79 Å². The maximum absolute atomic E-state index is 12.1. The van der Waals surface area contributed by atoms with E-state index in [0.717, 1.165) is 4.90 Å². The summed E-state index contributed by atoms with van der Waals surface area (Å²) in [5.74, 6) is -1.46. The zero-order valence-electron chi connectivity index (χ0n) is 11.2. The summed E-state index contributed by atoms with van der Waals surface area (Å²) in [7, 11) is 0. The van der Waals surface area contributed by atoms with Crippen LogP contribution in [0.3, 0.4) is 0 Å². The number of carbonyl (C=O) groups excluding carboxylic acids is 2. The van der Waals surface area contributed by atoms with Crippen LogP contribution in [-0.4, -0.2) is 55.0 Å². The van der Waals surface area contributed by atoms with Gasteiger partial charge in [0.2, 0.25) is 0 Å². The number of rotatable bonds is 5. The molecule has 1 saturated heterocycles. The van der Waals surface area contributed by atoms with E-state index < -0.39 is 17.5 Å². The second kappa shape index (κ2) is 4.91. The SMILES string of the molecule is CCC1(C)NC(=O)N(CCn2cc(C(=O)O)nn2)C1=O. The van der Waals surface area contributed by atoms with Crippen molar-refractivity contribution in [3.8, 4) is 0 Å². The van der Waals surface area contributed by atoms with E-state index in [4.69, 9.17) is 5.11 Å². The number of carboxylic acids is 1. The molecule has 0 aliphatic carbocycles. The molecule has 108 valence electrons. The Morgan fingerprint density at radius 2 is 2.15 bits per heavy atom. The summed E-state index contributed by atoms with van der Waals surface area (Å²) in [6.45, 7) is 3.80. The predicted octanol–water partition coefficient (Wildman–Crippen LogP) is -0.303. The molecule has 1 aliphatic heterocycles. The van der Waals surface area contributed by atoms with Gasteiger partial charge in [0.15, 0.2) is 5.69 Å². The number of urea groups is 1. The van der Waals surface area contributed by atoms with E-state index >= 15 is 0 Å². The van der Waals surface area contributed by atoms with Crippen LogP contribution in [0.1, 0.15) is 30.8 Å². The Hall–Kier alpha value is -2.45. The normalized spacial score (nSPS) is 22.2. The van der Waals surface area contributed by atoms with Crippen LogP contribution in [0.15, 0.2) is 6.20 Å². The van der Waals surface area contributed by atoms with Gasteiger partial charge in [0.25, 0.3) is 5.91 Å². The van der Waals surface area contributed by atoms with Gasteiger partial charge >= 0.3 is 12.0 Å².